The summed E-state index contributed by atoms with van der Waals surface area (Å²) in [6.07, 6.45) is 4.33. The average molecular weight is 522 g/mol. The lowest BCUT2D eigenvalue weighted by Gasteiger charge is -2.35. The largest absolute Gasteiger partial charge is 0.444 e. The van der Waals surface area contributed by atoms with Crippen molar-refractivity contribution >= 4 is 30.5 Å². The summed E-state index contributed by atoms with van der Waals surface area (Å²) in [5.41, 5.74) is 2.09. The van der Waals surface area contributed by atoms with Crippen molar-refractivity contribution in [3.8, 4) is 0 Å². The Hall–Kier alpha value is -2.22. The molecule has 7 nitrogen and oxygen atoms in total. The molecular weight excluding hydrogens is 474 g/mol. The number of benzene rings is 1. The number of carbonyl (C=O) groups is 3. The van der Waals surface area contributed by atoms with Crippen LogP contribution in [0.3, 0.4) is 0 Å². The fourth-order valence-corrected chi connectivity index (χ4v) is 4.22. The van der Waals surface area contributed by atoms with E-state index in [1.807, 2.05) is 45.9 Å². The maximum Gasteiger partial charge on any atom is 0.408 e. The standard InChI is InChI=1S/C28H47N3O4S/c1-9-10-11-12-13-17-31(26(33)23(18-36)30-27(34)35-28(6,7)8)24(25(32)29-19(2)3)22-16-14-15-20(4)21(22)5/h14-16,19,23-24,36H,9-13,17-18H2,1-8H3,(H,29,32)(H,30,34). The van der Waals surface area contributed by atoms with E-state index in [0.717, 1.165) is 48.8 Å². The maximum atomic E-state index is 13.9. The molecule has 8 heteroatoms. The molecular formula is C28H47N3O4S. The second-order valence-corrected chi connectivity index (χ2v) is 11.0. The number of hydrogen-bond donors (Lipinski definition) is 3. The van der Waals surface area contributed by atoms with Crippen LogP contribution in [-0.2, 0) is 14.3 Å². The summed E-state index contributed by atoms with van der Waals surface area (Å²) in [5.74, 6) is -0.512. The highest BCUT2D eigenvalue weighted by atomic mass is 32.1. The van der Waals surface area contributed by atoms with E-state index in [1.165, 1.54) is 0 Å². The maximum absolute atomic E-state index is 13.9. The molecule has 0 aliphatic rings. The van der Waals surface area contributed by atoms with E-state index >= 15 is 0 Å². The average Bonchev–Trinajstić information content (AvgIpc) is 2.76. The van der Waals surface area contributed by atoms with E-state index in [2.05, 4.69) is 30.2 Å². The monoisotopic (exact) mass is 521 g/mol. The molecule has 0 spiro atoms. The fourth-order valence-electron chi connectivity index (χ4n) is 3.97. The van der Waals surface area contributed by atoms with E-state index in [-0.39, 0.29) is 23.6 Å². The van der Waals surface area contributed by atoms with Crippen LogP contribution in [0.4, 0.5) is 4.79 Å². The van der Waals surface area contributed by atoms with E-state index in [4.69, 9.17) is 4.74 Å². The predicted molar refractivity (Wildman–Crippen MR) is 149 cm³/mol. The normalized spacial score (nSPS) is 13.2. The number of thiol groups is 1. The Morgan fingerprint density at radius 1 is 1.03 bits per heavy atom. The van der Waals surface area contributed by atoms with E-state index in [0.29, 0.717) is 6.54 Å². The third kappa shape index (κ3) is 10.4. The molecule has 1 aromatic carbocycles. The molecule has 36 heavy (non-hydrogen) atoms. The van der Waals surface area contributed by atoms with Crippen LogP contribution in [0.25, 0.3) is 0 Å². The molecule has 1 rings (SSSR count). The lowest BCUT2D eigenvalue weighted by Crippen LogP contribution is -2.54. The van der Waals surface area contributed by atoms with Crippen LogP contribution in [0.2, 0.25) is 0 Å². The van der Waals surface area contributed by atoms with Gasteiger partial charge in [-0.1, -0.05) is 50.8 Å². The van der Waals surface area contributed by atoms with Crippen LogP contribution >= 0.6 is 12.6 Å². The highest BCUT2D eigenvalue weighted by molar-refractivity contribution is 7.80. The minimum absolute atomic E-state index is 0.0791. The van der Waals surface area contributed by atoms with Gasteiger partial charge in [0.25, 0.3) is 0 Å². The lowest BCUT2D eigenvalue weighted by atomic mass is 9.94. The first-order chi connectivity index (χ1) is 16.8. The van der Waals surface area contributed by atoms with Crippen LogP contribution < -0.4 is 10.6 Å². The molecule has 2 atom stereocenters. The quantitative estimate of drug-likeness (QED) is 0.237. The molecule has 0 radical (unpaired) electrons. The number of nitrogens with one attached hydrogen (secondary N) is 2. The van der Waals surface area contributed by atoms with Crippen molar-refractivity contribution in [1.82, 2.24) is 15.5 Å². The Labute approximate surface area is 223 Å². The van der Waals surface area contributed by atoms with Crippen LogP contribution in [0, 0.1) is 13.8 Å². The Kier molecular flexibility index (Phi) is 13.4. The number of ether oxygens (including phenoxy) is 1. The molecule has 0 aliphatic carbocycles. The summed E-state index contributed by atoms with van der Waals surface area (Å²) in [6.45, 7) is 15.6. The summed E-state index contributed by atoms with van der Waals surface area (Å²) in [6, 6.07) is 3.96. The summed E-state index contributed by atoms with van der Waals surface area (Å²) >= 11 is 4.35. The zero-order chi connectivity index (χ0) is 27.5. The fraction of sp³-hybridized carbons (Fsp3) is 0.679. The number of unbranched alkanes of at least 4 members (excludes halogenated alkanes) is 4. The second kappa shape index (κ2) is 15.1. The topological polar surface area (TPSA) is 87.7 Å². The van der Waals surface area contributed by atoms with Crippen LogP contribution in [0.5, 0.6) is 0 Å². The SMILES string of the molecule is CCCCCCCN(C(=O)C(CS)NC(=O)OC(C)(C)C)C(C(=O)NC(C)C)c1cccc(C)c1C. The van der Waals surface area contributed by atoms with Gasteiger partial charge in [0.1, 0.15) is 17.7 Å². The van der Waals surface area contributed by atoms with Gasteiger partial charge in [-0.3, -0.25) is 9.59 Å². The van der Waals surface area contributed by atoms with E-state index in [1.54, 1.807) is 25.7 Å². The van der Waals surface area contributed by atoms with Gasteiger partial charge in [0.15, 0.2) is 0 Å². The minimum Gasteiger partial charge on any atom is -0.444 e. The van der Waals surface area contributed by atoms with E-state index in [9.17, 15) is 14.4 Å². The number of alkyl carbamates (subject to hydrolysis) is 1. The number of amides is 3. The van der Waals surface area contributed by atoms with Gasteiger partial charge in [-0.05, 0) is 71.6 Å². The summed E-state index contributed by atoms with van der Waals surface area (Å²) < 4.78 is 5.37. The molecule has 2 unspecified atom stereocenters. The molecule has 1 aromatic rings. The number of hydrogen-bond acceptors (Lipinski definition) is 5. The van der Waals surface area contributed by atoms with Crippen LogP contribution in [0.15, 0.2) is 18.2 Å². The molecule has 3 amide bonds. The molecule has 0 bridgehead atoms. The van der Waals surface area contributed by atoms with E-state index < -0.39 is 23.8 Å². The molecule has 0 aromatic heterocycles. The van der Waals surface area contributed by atoms with Crippen molar-refractivity contribution in [3.63, 3.8) is 0 Å². The minimum atomic E-state index is -0.932. The molecule has 0 saturated heterocycles. The summed E-state index contributed by atoms with van der Waals surface area (Å²) in [7, 11) is 0. The van der Waals surface area contributed by atoms with Gasteiger partial charge in [0.05, 0.1) is 0 Å². The first-order valence-electron chi connectivity index (χ1n) is 13.1. The zero-order valence-corrected chi connectivity index (χ0v) is 24.3. The van der Waals surface area contributed by atoms with Gasteiger partial charge < -0.3 is 20.3 Å². The van der Waals surface area contributed by atoms with Crippen molar-refractivity contribution in [2.75, 3.05) is 12.3 Å². The molecule has 2 N–H and O–H groups in total. The van der Waals surface area contributed by atoms with Gasteiger partial charge in [-0.15, -0.1) is 0 Å². The van der Waals surface area contributed by atoms with Crippen LogP contribution in [0.1, 0.15) is 96.4 Å². The smallest absolute Gasteiger partial charge is 0.408 e. The first kappa shape index (κ1) is 31.8. The van der Waals surface area contributed by atoms with Crippen molar-refractivity contribution in [3.05, 3.63) is 34.9 Å². The van der Waals surface area contributed by atoms with Crippen LogP contribution in [-0.4, -0.2) is 52.8 Å². The van der Waals surface area contributed by atoms with Gasteiger partial charge >= 0.3 is 6.09 Å². The Bertz CT molecular complexity index is 867. The Balaban J connectivity index is 3.43. The second-order valence-electron chi connectivity index (χ2n) is 10.7. The van der Waals surface area contributed by atoms with Crippen molar-refractivity contribution < 1.29 is 19.1 Å². The third-order valence-corrected chi connectivity index (χ3v) is 6.25. The van der Waals surface area contributed by atoms with Gasteiger partial charge in [-0.25, -0.2) is 4.79 Å². The van der Waals surface area contributed by atoms with Gasteiger partial charge in [0.2, 0.25) is 11.8 Å². The lowest BCUT2D eigenvalue weighted by molar-refractivity contribution is -0.142. The molecule has 0 heterocycles. The molecule has 0 fully saturated rings. The Morgan fingerprint density at radius 2 is 1.67 bits per heavy atom. The number of carbonyl (C=O) groups excluding carboxylic acids is 3. The predicted octanol–water partition coefficient (Wildman–Crippen LogP) is 5.49. The van der Waals surface area contributed by atoms with Gasteiger partial charge in [-0.2, -0.15) is 12.6 Å². The van der Waals surface area contributed by atoms with Gasteiger partial charge in [0, 0.05) is 18.3 Å². The third-order valence-electron chi connectivity index (χ3n) is 5.89. The highest BCUT2D eigenvalue weighted by Gasteiger charge is 2.36. The molecule has 0 saturated carbocycles. The first-order valence-corrected chi connectivity index (χ1v) is 13.7. The summed E-state index contributed by atoms with van der Waals surface area (Å²) in [5, 5.41) is 5.66. The Morgan fingerprint density at radius 3 is 2.22 bits per heavy atom. The summed E-state index contributed by atoms with van der Waals surface area (Å²) in [4.78, 5) is 41.6. The highest BCUT2D eigenvalue weighted by Crippen LogP contribution is 2.28. The molecule has 0 aliphatic heterocycles. The molecule has 204 valence electrons. The number of rotatable bonds is 13. The zero-order valence-electron chi connectivity index (χ0n) is 23.4. The van der Waals surface area contributed by atoms with Crippen molar-refractivity contribution in [2.24, 2.45) is 0 Å². The number of nitrogens with zero attached hydrogens (tertiary/aromatic N) is 1. The van der Waals surface area contributed by atoms with Crippen molar-refractivity contribution in [2.45, 2.75) is 111 Å². The van der Waals surface area contributed by atoms with Crippen molar-refractivity contribution in [1.29, 1.82) is 0 Å². The number of aryl methyl sites for hydroxylation is 1.